The predicted octanol–water partition coefficient (Wildman–Crippen LogP) is 2.88. The minimum atomic E-state index is -1.02. The highest BCUT2D eigenvalue weighted by molar-refractivity contribution is 5.87. The number of carbonyl (C=O) groups is 1. The summed E-state index contributed by atoms with van der Waals surface area (Å²) in [5, 5.41) is 22.0. The van der Waals surface area contributed by atoms with Gasteiger partial charge in [0.1, 0.15) is 0 Å². The summed E-state index contributed by atoms with van der Waals surface area (Å²) in [6, 6.07) is 9.34. The molecule has 0 saturated heterocycles. The highest BCUT2D eigenvalue weighted by Gasteiger charge is 2.11. The minimum absolute atomic E-state index is 0.138. The van der Waals surface area contributed by atoms with Crippen molar-refractivity contribution in [1.82, 2.24) is 15.2 Å². The number of aromatic carboxylic acids is 1. The van der Waals surface area contributed by atoms with Gasteiger partial charge in [0.25, 0.3) is 5.56 Å². The van der Waals surface area contributed by atoms with Crippen molar-refractivity contribution in [1.29, 1.82) is 0 Å². The van der Waals surface area contributed by atoms with Gasteiger partial charge >= 0.3 is 5.97 Å². The van der Waals surface area contributed by atoms with Crippen LogP contribution in [-0.2, 0) is 0 Å². The lowest BCUT2D eigenvalue weighted by Gasteiger charge is -1.97. The molecule has 2 heterocycles. The Bertz CT molecular complexity index is 910. The second-order valence-electron chi connectivity index (χ2n) is 4.59. The number of carboxylic acids is 1. The summed E-state index contributed by atoms with van der Waals surface area (Å²) in [4.78, 5) is 26.6. The number of nitrogens with one attached hydrogen (secondary N) is 2. The van der Waals surface area contributed by atoms with E-state index in [2.05, 4.69) is 25.4 Å². The molecule has 0 aliphatic heterocycles. The van der Waals surface area contributed by atoms with E-state index in [-0.39, 0.29) is 11.3 Å². The van der Waals surface area contributed by atoms with Crippen molar-refractivity contribution in [3.05, 3.63) is 64.7 Å². The summed E-state index contributed by atoms with van der Waals surface area (Å²) in [5.74, 6) is -1.02. The Labute approximate surface area is 129 Å². The standard InChI is InChI=1S/C15H11N5O3/c21-14-13(12(18-20-14)9-5-7-16-8-6-9)19-17-11-3-1-10(2-4-11)15(22)23/h1-8H,(H,22,23)(H2,18,20,21). The molecule has 8 heteroatoms. The van der Waals surface area contributed by atoms with Gasteiger partial charge in [-0.3, -0.25) is 20.0 Å². The third-order valence-corrected chi connectivity index (χ3v) is 3.10. The normalized spacial score (nSPS) is 11.0. The molecule has 0 aliphatic carbocycles. The van der Waals surface area contributed by atoms with E-state index in [1.165, 1.54) is 24.3 Å². The molecular formula is C15H11N5O3. The smallest absolute Gasteiger partial charge is 0.335 e. The molecule has 1 aromatic carbocycles. The molecule has 3 rings (SSSR count). The van der Waals surface area contributed by atoms with Gasteiger partial charge < -0.3 is 5.11 Å². The number of benzene rings is 1. The van der Waals surface area contributed by atoms with E-state index in [0.717, 1.165) is 5.56 Å². The Morgan fingerprint density at radius 2 is 1.70 bits per heavy atom. The maximum Gasteiger partial charge on any atom is 0.335 e. The molecule has 114 valence electrons. The zero-order chi connectivity index (χ0) is 16.2. The monoisotopic (exact) mass is 309 g/mol. The highest BCUT2D eigenvalue weighted by Crippen LogP contribution is 2.25. The van der Waals surface area contributed by atoms with Gasteiger partial charge in [0, 0.05) is 18.0 Å². The van der Waals surface area contributed by atoms with Crippen molar-refractivity contribution in [2.75, 3.05) is 0 Å². The fraction of sp³-hybridized carbons (Fsp3) is 0. The average Bonchev–Trinajstić information content (AvgIpc) is 2.95. The Morgan fingerprint density at radius 3 is 2.35 bits per heavy atom. The first-order valence-electron chi connectivity index (χ1n) is 6.61. The maximum atomic E-state index is 11.8. The number of azo groups is 1. The molecule has 0 atom stereocenters. The highest BCUT2D eigenvalue weighted by atomic mass is 16.4. The number of aromatic amines is 2. The third-order valence-electron chi connectivity index (χ3n) is 3.10. The first-order valence-corrected chi connectivity index (χ1v) is 6.61. The molecule has 0 spiro atoms. The lowest BCUT2D eigenvalue weighted by Crippen LogP contribution is -1.96. The van der Waals surface area contributed by atoms with Crippen LogP contribution in [0, 0.1) is 0 Å². The van der Waals surface area contributed by atoms with E-state index >= 15 is 0 Å². The van der Waals surface area contributed by atoms with E-state index in [0.29, 0.717) is 11.4 Å². The van der Waals surface area contributed by atoms with Crippen LogP contribution in [0.2, 0.25) is 0 Å². The van der Waals surface area contributed by atoms with E-state index in [9.17, 15) is 9.59 Å². The molecule has 0 amide bonds. The van der Waals surface area contributed by atoms with Crippen LogP contribution < -0.4 is 5.56 Å². The van der Waals surface area contributed by atoms with Crippen LogP contribution >= 0.6 is 0 Å². The van der Waals surface area contributed by atoms with Crippen LogP contribution in [0.4, 0.5) is 11.4 Å². The van der Waals surface area contributed by atoms with Crippen molar-refractivity contribution >= 4 is 17.3 Å². The molecule has 0 aliphatic rings. The zero-order valence-electron chi connectivity index (χ0n) is 11.7. The molecule has 0 saturated carbocycles. The molecule has 0 unspecified atom stereocenters. The maximum absolute atomic E-state index is 11.8. The molecule has 3 N–H and O–H groups in total. The Hall–Kier alpha value is -3.55. The topological polar surface area (TPSA) is 124 Å². The summed E-state index contributed by atoms with van der Waals surface area (Å²) < 4.78 is 0. The molecule has 23 heavy (non-hydrogen) atoms. The Morgan fingerprint density at radius 1 is 1.00 bits per heavy atom. The van der Waals surface area contributed by atoms with Gasteiger partial charge in [-0.05, 0) is 36.4 Å². The van der Waals surface area contributed by atoms with Gasteiger partial charge in [-0.1, -0.05) is 0 Å². The van der Waals surface area contributed by atoms with Crippen LogP contribution in [-0.4, -0.2) is 26.3 Å². The Kier molecular flexibility index (Phi) is 3.79. The van der Waals surface area contributed by atoms with Crippen LogP contribution in [0.3, 0.4) is 0 Å². The quantitative estimate of drug-likeness (QED) is 0.641. The lowest BCUT2D eigenvalue weighted by atomic mass is 10.2. The van der Waals surface area contributed by atoms with Gasteiger partial charge in [0.15, 0.2) is 5.69 Å². The van der Waals surface area contributed by atoms with Crippen molar-refractivity contribution in [2.24, 2.45) is 10.2 Å². The van der Waals surface area contributed by atoms with Gasteiger partial charge in [-0.25, -0.2) is 4.79 Å². The largest absolute Gasteiger partial charge is 0.478 e. The van der Waals surface area contributed by atoms with Crippen molar-refractivity contribution in [3.63, 3.8) is 0 Å². The second kappa shape index (κ2) is 6.06. The molecule has 3 aromatic rings. The second-order valence-corrected chi connectivity index (χ2v) is 4.59. The SMILES string of the molecule is O=C(O)c1ccc(N=Nc2c(-c3ccncc3)[nH][nH]c2=O)cc1. The Balaban J connectivity index is 1.93. The van der Waals surface area contributed by atoms with Gasteiger partial charge in [0.2, 0.25) is 0 Å². The molecule has 0 radical (unpaired) electrons. The summed E-state index contributed by atoms with van der Waals surface area (Å²) in [7, 11) is 0. The first-order chi connectivity index (χ1) is 11.1. The number of carboxylic acid groups (broad SMARTS) is 1. The minimum Gasteiger partial charge on any atom is -0.478 e. The molecule has 8 nitrogen and oxygen atoms in total. The number of rotatable bonds is 4. The number of pyridine rings is 1. The summed E-state index contributed by atoms with van der Waals surface area (Å²) in [6.07, 6.45) is 3.21. The van der Waals surface area contributed by atoms with Gasteiger partial charge in [-0.15, -0.1) is 5.11 Å². The zero-order valence-corrected chi connectivity index (χ0v) is 11.7. The van der Waals surface area contributed by atoms with Crippen LogP contribution in [0.15, 0.2) is 63.8 Å². The van der Waals surface area contributed by atoms with E-state index in [1.54, 1.807) is 24.5 Å². The summed E-state index contributed by atoms with van der Waals surface area (Å²) >= 11 is 0. The lowest BCUT2D eigenvalue weighted by molar-refractivity contribution is 0.0697. The average molecular weight is 309 g/mol. The summed E-state index contributed by atoms with van der Waals surface area (Å²) in [6.45, 7) is 0. The van der Waals surface area contributed by atoms with Crippen molar-refractivity contribution < 1.29 is 9.90 Å². The number of aromatic nitrogens is 3. The van der Waals surface area contributed by atoms with Crippen LogP contribution in [0.25, 0.3) is 11.3 Å². The van der Waals surface area contributed by atoms with E-state index in [4.69, 9.17) is 5.11 Å². The van der Waals surface area contributed by atoms with E-state index < -0.39 is 11.5 Å². The molecular weight excluding hydrogens is 298 g/mol. The molecule has 2 aromatic heterocycles. The number of hydrogen-bond acceptors (Lipinski definition) is 5. The van der Waals surface area contributed by atoms with Gasteiger partial charge in [0.05, 0.1) is 16.9 Å². The number of nitrogens with zero attached hydrogens (tertiary/aromatic N) is 3. The fourth-order valence-electron chi connectivity index (χ4n) is 1.95. The first kappa shape index (κ1) is 14.4. The predicted molar refractivity (Wildman–Crippen MR) is 82.2 cm³/mol. The fourth-order valence-corrected chi connectivity index (χ4v) is 1.95. The van der Waals surface area contributed by atoms with Crippen LogP contribution in [0.5, 0.6) is 0 Å². The third kappa shape index (κ3) is 3.05. The number of H-pyrrole nitrogens is 2. The molecule has 0 fully saturated rings. The number of hydrogen-bond donors (Lipinski definition) is 3. The summed E-state index contributed by atoms with van der Waals surface area (Å²) in [5.41, 5.74) is 1.58. The molecule has 0 bridgehead atoms. The van der Waals surface area contributed by atoms with E-state index in [1.807, 2.05) is 0 Å². The van der Waals surface area contributed by atoms with Crippen molar-refractivity contribution in [2.45, 2.75) is 0 Å². The van der Waals surface area contributed by atoms with Gasteiger partial charge in [-0.2, -0.15) is 5.11 Å². The van der Waals surface area contributed by atoms with Crippen LogP contribution in [0.1, 0.15) is 10.4 Å². The van der Waals surface area contributed by atoms with Crippen molar-refractivity contribution in [3.8, 4) is 11.3 Å².